The highest BCUT2D eigenvalue weighted by Crippen LogP contribution is 2.18. The maximum Gasteiger partial charge on any atom is 0.0769 e. The maximum absolute atomic E-state index is 3.99. The topological polar surface area (TPSA) is 49.8 Å². The van der Waals surface area contributed by atoms with E-state index >= 15 is 0 Å². The quantitative estimate of drug-likeness (QED) is 0.762. The van der Waals surface area contributed by atoms with Crippen molar-refractivity contribution in [2.75, 3.05) is 6.54 Å². The van der Waals surface area contributed by atoms with E-state index in [1.54, 1.807) is 0 Å². The minimum atomic E-state index is 0.507. The molecule has 0 radical (unpaired) electrons. The van der Waals surface area contributed by atoms with Gasteiger partial charge in [0.2, 0.25) is 0 Å². The molecule has 5 heteroatoms. The van der Waals surface area contributed by atoms with Gasteiger partial charge in [0.05, 0.1) is 10.6 Å². The second kappa shape index (κ2) is 5.01. The van der Waals surface area contributed by atoms with Gasteiger partial charge >= 0.3 is 0 Å². The third kappa shape index (κ3) is 3.52. The van der Waals surface area contributed by atoms with Crippen LogP contribution in [0.5, 0.6) is 0 Å². The van der Waals surface area contributed by atoms with Crippen LogP contribution in [0.25, 0.3) is 0 Å². The minimum absolute atomic E-state index is 0.507. The van der Waals surface area contributed by atoms with E-state index in [4.69, 9.17) is 0 Å². The average Bonchev–Trinajstić information content (AvgIpc) is 2.96. The van der Waals surface area contributed by atoms with E-state index in [-0.39, 0.29) is 0 Å². The van der Waals surface area contributed by atoms with Gasteiger partial charge in [-0.2, -0.15) is 0 Å². The van der Waals surface area contributed by atoms with Crippen LogP contribution in [-0.2, 0) is 6.54 Å². The monoisotopic (exact) mass is 226 g/mol. The summed E-state index contributed by atoms with van der Waals surface area (Å²) in [6.45, 7) is 6.15. The van der Waals surface area contributed by atoms with E-state index in [9.17, 15) is 0 Å². The van der Waals surface area contributed by atoms with Gasteiger partial charge in [-0.15, -0.1) is 5.10 Å². The Labute approximate surface area is 94.6 Å². The summed E-state index contributed by atoms with van der Waals surface area (Å²) in [7, 11) is 0. The zero-order chi connectivity index (χ0) is 10.7. The van der Waals surface area contributed by atoms with Gasteiger partial charge in [-0.1, -0.05) is 4.49 Å². The van der Waals surface area contributed by atoms with E-state index in [0.717, 1.165) is 24.8 Å². The molecule has 1 atom stereocenters. The van der Waals surface area contributed by atoms with Crippen LogP contribution in [0.1, 0.15) is 30.3 Å². The SMILES string of the molecule is Cc1nnsc1CNC(C)CNC1CC1. The van der Waals surface area contributed by atoms with E-state index in [1.807, 2.05) is 6.92 Å². The predicted molar refractivity (Wildman–Crippen MR) is 62.0 cm³/mol. The highest BCUT2D eigenvalue weighted by atomic mass is 32.1. The van der Waals surface area contributed by atoms with Crippen molar-refractivity contribution in [1.82, 2.24) is 20.2 Å². The van der Waals surface area contributed by atoms with E-state index in [1.165, 1.54) is 29.3 Å². The fourth-order valence-corrected chi connectivity index (χ4v) is 1.97. The molecule has 1 fully saturated rings. The Morgan fingerprint density at radius 2 is 2.33 bits per heavy atom. The Bertz CT molecular complexity index is 308. The second-order valence-corrected chi connectivity index (χ2v) is 5.08. The molecule has 0 spiro atoms. The van der Waals surface area contributed by atoms with Crippen LogP contribution in [0.4, 0.5) is 0 Å². The molecule has 1 unspecified atom stereocenters. The van der Waals surface area contributed by atoms with Crippen molar-refractivity contribution in [2.24, 2.45) is 0 Å². The average molecular weight is 226 g/mol. The molecular formula is C10H18N4S. The van der Waals surface area contributed by atoms with Crippen LogP contribution in [0.2, 0.25) is 0 Å². The van der Waals surface area contributed by atoms with Crippen molar-refractivity contribution in [1.29, 1.82) is 0 Å². The molecule has 0 bridgehead atoms. The molecule has 0 amide bonds. The molecule has 84 valence electrons. The minimum Gasteiger partial charge on any atom is -0.312 e. The van der Waals surface area contributed by atoms with Crippen molar-refractivity contribution >= 4 is 11.5 Å². The summed E-state index contributed by atoms with van der Waals surface area (Å²) in [5.41, 5.74) is 1.05. The van der Waals surface area contributed by atoms with Crippen LogP contribution >= 0.6 is 11.5 Å². The molecule has 0 saturated heterocycles. The first kappa shape index (κ1) is 11.0. The maximum atomic E-state index is 3.99. The number of nitrogens with one attached hydrogen (secondary N) is 2. The lowest BCUT2D eigenvalue weighted by Gasteiger charge is -2.13. The number of nitrogens with zero attached hydrogens (tertiary/aromatic N) is 2. The summed E-state index contributed by atoms with van der Waals surface area (Å²) in [5, 5.41) is 11.0. The first-order valence-corrected chi connectivity index (χ1v) is 6.27. The highest BCUT2D eigenvalue weighted by Gasteiger charge is 2.20. The molecule has 4 nitrogen and oxygen atoms in total. The molecule has 1 heterocycles. The summed E-state index contributed by atoms with van der Waals surface area (Å²) in [4.78, 5) is 1.24. The van der Waals surface area contributed by atoms with Crippen molar-refractivity contribution < 1.29 is 0 Å². The zero-order valence-corrected chi connectivity index (χ0v) is 10.1. The number of aryl methyl sites for hydroxylation is 1. The van der Waals surface area contributed by atoms with Crippen molar-refractivity contribution in [3.63, 3.8) is 0 Å². The molecule has 1 aromatic heterocycles. The lowest BCUT2D eigenvalue weighted by molar-refractivity contribution is 0.501. The second-order valence-electron chi connectivity index (χ2n) is 4.25. The molecule has 2 N–H and O–H groups in total. The predicted octanol–water partition coefficient (Wildman–Crippen LogP) is 1.08. The Kier molecular flexibility index (Phi) is 3.66. The standard InChI is InChI=1S/C10H18N4S/c1-7(5-12-9-3-4-9)11-6-10-8(2)13-14-15-10/h7,9,11-12H,3-6H2,1-2H3. The summed E-state index contributed by atoms with van der Waals surface area (Å²) in [5.74, 6) is 0. The Morgan fingerprint density at radius 1 is 1.53 bits per heavy atom. The third-order valence-corrected chi connectivity index (χ3v) is 3.47. The Hall–Kier alpha value is -0.520. The first-order chi connectivity index (χ1) is 7.25. The molecule has 1 aliphatic rings. The van der Waals surface area contributed by atoms with Gasteiger partial charge in [0.25, 0.3) is 0 Å². The molecule has 1 aromatic rings. The molecule has 15 heavy (non-hydrogen) atoms. The molecular weight excluding hydrogens is 208 g/mol. The van der Waals surface area contributed by atoms with Gasteiger partial charge in [-0.05, 0) is 38.2 Å². The summed E-state index contributed by atoms with van der Waals surface area (Å²) in [6, 6.07) is 1.30. The van der Waals surface area contributed by atoms with E-state index in [0.29, 0.717) is 6.04 Å². The van der Waals surface area contributed by atoms with Gasteiger partial charge in [0.1, 0.15) is 0 Å². The van der Waals surface area contributed by atoms with Crippen LogP contribution in [0, 0.1) is 6.92 Å². The van der Waals surface area contributed by atoms with Crippen LogP contribution in [0.15, 0.2) is 0 Å². The number of aromatic nitrogens is 2. The summed E-state index contributed by atoms with van der Waals surface area (Å²) in [6.07, 6.45) is 2.70. The molecule has 2 rings (SSSR count). The fraction of sp³-hybridized carbons (Fsp3) is 0.800. The van der Waals surface area contributed by atoms with Gasteiger partial charge < -0.3 is 10.6 Å². The van der Waals surface area contributed by atoms with Crippen molar-refractivity contribution in [3.05, 3.63) is 10.6 Å². The van der Waals surface area contributed by atoms with Gasteiger partial charge in [0.15, 0.2) is 0 Å². The van der Waals surface area contributed by atoms with Crippen LogP contribution < -0.4 is 10.6 Å². The number of rotatable bonds is 6. The normalized spacial score (nSPS) is 18.0. The lowest BCUT2D eigenvalue weighted by Crippen LogP contribution is -2.36. The highest BCUT2D eigenvalue weighted by molar-refractivity contribution is 7.05. The number of hydrogen-bond acceptors (Lipinski definition) is 5. The molecule has 1 saturated carbocycles. The largest absolute Gasteiger partial charge is 0.312 e. The van der Waals surface area contributed by atoms with Crippen LogP contribution in [0.3, 0.4) is 0 Å². The summed E-state index contributed by atoms with van der Waals surface area (Å²) >= 11 is 1.48. The van der Waals surface area contributed by atoms with E-state index < -0.39 is 0 Å². The Morgan fingerprint density at radius 3 is 2.93 bits per heavy atom. The van der Waals surface area contributed by atoms with Crippen LogP contribution in [-0.4, -0.2) is 28.2 Å². The van der Waals surface area contributed by atoms with Gasteiger partial charge in [-0.25, -0.2) is 0 Å². The fourth-order valence-electron chi connectivity index (χ4n) is 1.38. The molecule has 0 aliphatic heterocycles. The Balaban J connectivity index is 1.65. The lowest BCUT2D eigenvalue weighted by atomic mass is 10.3. The van der Waals surface area contributed by atoms with E-state index in [2.05, 4.69) is 27.1 Å². The third-order valence-electron chi connectivity index (χ3n) is 2.65. The van der Waals surface area contributed by atoms with Crippen molar-refractivity contribution in [2.45, 2.75) is 45.3 Å². The molecule has 1 aliphatic carbocycles. The van der Waals surface area contributed by atoms with Gasteiger partial charge in [0, 0.05) is 25.2 Å². The van der Waals surface area contributed by atoms with Gasteiger partial charge in [-0.3, -0.25) is 0 Å². The zero-order valence-electron chi connectivity index (χ0n) is 9.29. The number of hydrogen-bond donors (Lipinski definition) is 2. The van der Waals surface area contributed by atoms with Crippen molar-refractivity contribution in [3.8, 4) is 0 Å². The first-order valence-electron chi connectivity index (χ1n) is 5.50. The summed E-state index contributed by atoms with van der Waals surface area (Å²) < 4.78 is 3.92. The molecule has 0 aromatic carbocycles. The smallest absolute Gasteiger partial charge is 0.0769 e.